The lowest BCUT2D eigenvalue weighted by molar-refractivity contribution is -0.0461. The molecule has 6 nitrogen and oxygen atoms in total. The Morgan fingerprint density at radius 3 is 2.22 bits per heavy atom. The smallest absolute Gasteiger partial charge is 0.342 e. The maximum absolute atomic E-state index is 13.9. The van der Waals surface area contributed by atoms with Crippen molar-refractivity contribution in [3.05, 3.63) is 46.7 Å². The van der Waals surface area contributed by atoms with Gasteiger partial charge < -0.3 is 18.0 Å². The molecule has 1 aliphatic rings. The second kappa shape index (κ2) is 11.7. The van der Waals surface area contributed by atoms with Gasteiger partial charge in [0.15, 0.2) is 14.2 Å². The number of carbonyl (C=O) groups is 1. The summed E-state index contributed by atoms with van der Waals surface area (Å²) in [5, 5.41) is -0.0509. The van der Waals surface area contributed by atoms with E-state index >= 15 is 0 Å². The molecule has 2 aromatic rings. The second-order valence-electron chi connectivity index (χ2n) is 14.9. The van der Waals surface area contributed by atoms with E-state index in [1.165, 1.54) is 0 Å². The zero-order valence-electron chi connectivity index (χ0n) is 27.5. The number of aromatic nitrogens is 1. The minimum atomic E-state index is -2.27. The first-order valence-corrected chi connectivity index (χ1v) is 20.6. The SMILES string of the molecule is C#CC[C@@H](C)c1nc(C[C@@H](C)[C@H]2OC(=O)c3c(ccc(C)c3O[Si](C)(C)C(C)(C)C)[C@@H]2O[Si](C)(C)C(C)(C)C)co1. The molecule has 2 heterocycles. The molecule has 4 atom stereocenters. The highest BCUT2D eigenvalue weighted by atomic mass is 28.4. The van der Waals surface area contributed by atoms with Gasteiger partial charge in [-0.05, 0) is 55.2 Å². The highest BCUT2D eigenvalue weighted by Gasteiger charge is 2.48. The standard InChI is InChI=1S/C33H51NO5Si2/c1-15-16-22(3)30-34-24(20-36-30)19-23(4)28-29(39-41(13,14)33(8,9)10)25-18-17-21(2)27(26(25)31(35)37-28)38-40(11,12)32(5,6)7/h1,17-18,20,22-23,28-29H,16,19H2,2-14H3/t22-,23-,28-,29+/m1/s1. The third-order valence-corrected chi connectivity index (χ3v) is 18.1. The number of nitrogens with zero attached hydrogens (tertiary/aromatic N) is 1. The van der Waals surface area contributed by atoms with Gasteiger partial charge in [-0.1, -0.05) is 67.5 Å². The van der Waals surface area contributed by atoms with Gasteiger partial charge in [0.1, 0.15) is 29.8 Å². The van der Waals surface area contributed by atoms with Gasteiger partial charge in [0.25, 0.3) is 8.32 Å². The molecule has 41 heavy (non-hydrogen) atoms. The lowest BCUT2D eigenvalue weighted by atomic mass is 9.86. The normalized spacial score (nSPS) is 19.7. The fourth-order valence-electron chi connectivity index (χ4n) is 4.50. The zero-order valence-corrected chi connectivity index (χ0v) is 29.5. The number of oxazole rings is 1. The van der Waals surface area contributed by atoms with Gasteiger partial charge in [-0.3, -0.25) is 0 Å². The molecule has 1 aliphatic heterocycles. The van der Waals surface area contributed by atoms with Crippen LogP contribution in [0.3, 0.4) is 0 Å². The molecule has 0 saturated carbocycles. The number of terminal acetylenes is 1. The largest absolute Gasteiger partial charge is 0.543 e. The van der Waals surface area contributed by atoms with Gasteiger partial charge in [0.05, 0.1) is 5.69 Å². The van der Waals surface area contributed by atoms with Crippen LogP contribution in [0, 0.1) is 25.2 Å². The molecular weight excluding hydrogens is 547 g/mol. The molecule has 0 unspecified atom stereocenters. The summed E-state index contributed by atoms with van der Waals surface area (Å²) in [5.74, 6) is 3.56. The van der Waals surface area contributed by atoms with Crippen LogP contribution in [-0.4, -0.2) is 33.7 Å². The van der Waals surface area contributed by atoms with E-state index in [4.69, 9.17) is 29.4 Å². The molecule has 0 amide bonds. The van der Waals surface area contributed by atoms with Gasteiger partial charge in [0.2, 0.25) is 0 Å². The predicted molar refractivity (Wildman–Crippen MR) is 170 cm³/mol. The number of ether oxygens (including phenoxy) is 1. The number of rotatable bonds is 9. The van der Waals surface area contributed by atoms with Crippen molar-refractivity contribution >= 4 is 22.6 Å². The zero-order chi connectivity index (χ0) is 31.1. The molecule has 1 aromatic heterocycles. The summed E-state index contributed by atoms with van der Waals surface area (Å²) in [6, 6.07) is 4.09. The Bertz CT molecular complexity index is 1290. The van der Waals surface area contributed by atoms with E-state index in [9.17, 15) is 4.79 Å². The highest BCUT2D eigenvalue weighted by Crippen LogP contribution is 2.48. The van der Waals surface area contributed by atoms with Crippen molar-refractivity contribution in [2.24, 2.45) is 5.92 Å². The number of hydrogen-bond donors (Lipinski definition) is 0. The first-order chi connectivity index (χ1) is 18.7. The summed E-state index contributed by atoms with van der Waals surface area (Å²) in [5.41, 5.74) is 3.11. The topological polar surface area (TPSA) is 70.8 Å². The Kier molecular flexibility index (Phi) is 9.49. The van der Waals surface area contributed by atoms with Gasteiger partial charge in [-0.25, -0.2) is 9.78 Å². The van der Waals surface area contributed by atoms with Crippen LogP contribution >= 0.6 is 0 Å². The molecular formula is C33H51NO5Si2. The van der Waals surface area contributed by atoms with Crippen LogP contribution in [0.5, 0.6) is 5.75 Å². The third kappa shape index (κ3) is 7.01. The van der Waals surface area contributed by atoms with Gasteiger partial charge in [-0.2, -0.15) is 0 Å². The highest BCUT2D eigenvalue weighted by molar-refractivity contribution is 6.75. The fraction of sp³-hybridized carbons (Fsp3) is 0.636. The lowest BCUT2D eigenvalue weighted by Gasteiger charge is -2.45. The molecule has 8 heteroatoms. The first kappa shape index (κ1) is 33.2. The van der Waals surface area contributed by atoms with E-state index in [1.807, 2.05) is 19.9 Å². The third-order valence-electron chi connectivity index (χ3n) is 9.34. The molecule has 0 spiro atoms. The predicted octanol–water partition coefficient (Wildman–Crippen LogP) is 8.97. The molecule has 3 rings (SSSR count). The summed E-state index contributed by atoms with van der Waals surface area (Å²) in [6.07, 6.45) is 7.41. The van der Waals surface area contributed by atoms with Crippen LogP contribution in [0.2, 0.25) is 36.3 Å². The Morgan fingerprint density at radius 2 is 1.66 bits per heavy atom. The van der Waals surface area contributed by atoms with Gasteiger partial charge in [-0.15, -0.1) is 12.3 Å². The number of benzene rings is 1. The molecule has 226 valence electrons. The van der Waals surface area contributed by atoms with Crippen molar-refractivity contribution in [3.8, 4) is 18.1 Å². The van der Waals surface area contributed by atoms with E-state index in [2.05, 4.69) is 86.6 Å². The maximum Gasteiger partial charge on any atom is 0.342 e. The van der Waals surface area contributed by atoms with Crippen LogP contribution < -0.4 is 4.43 Å². The summed E-state index contributed by atoms with van der Waals surface area (Å²) in [7, 11) is -4.51. The number of esters is 1. The Hall–Kier alpha value is -2.35. The van der Waals surface area contributed by atoms with E-state index in [0.29, 0.717) is 30.0 Å². The molecule has 0 bridgehead atoms. The molecule has 0 radical (unpaired) electrons. The minimum Gasteiger partial charge on any atom is -0.543 e. The van der Waals surface area contributed by atoms with Crippen LogP contribution in [0.4, 0.5) is 0 Å². The summed E-state index contributed by atoms with van der Waals surface area (Å²) >= 11 is 0. The fourth-order valence-corrected chi connectivity index (χ4v) is 6.83. The molecule has 1 aromatic carbocycles. The molecule has 0 saturated heterocycles. The Labute approximate surface area is 250 Å². The summed E-state index contributed by atoms with van der Waals surface area (Å²) in [4.78, 5) is 18.6. The Morgan fingerprint density at radius 1 is 1.05 bits per heavy atom. The number of aryl methyl sites for hydroxylation is 1. The van der Waals surface area contributed by atoms with E-state index in [1.54, 1.807) is 6.26 Å². The quantitative estimate of drug-likeness (QED) is 0.163. The molecule has 0 aliphatic carbocycles. The number of cyclic esters (lactones) is 1. The van der Waals surface area contributed by atoms with E-state index in [-0.39, 0.29) is 27.9 Å². The van der Waals surface area contributed by atoms with Crippen molar-refractivity contribution in [1.29, 1.82) is 0 Å². The van der Waals surface area contributed by atoms with Crippen molar-refractivity contribution in [2.45, 2.75) is 130 Å². The van der Waals surface area contributed by atoms with Crippen molar-refractivity contribution in [3.63, 3.8) is 0 Å². The summed E-state index contributed by atoms with van der Waals surface area (Å²) in [6.45, 7) is 28.2. The lowest BCUT2D eigenvalue weighted by Crippen LogP contribution is -2.48. The molecule has 0 N–H and O–H groups in total. The number of fused-ring (bicyclic) bond motifs is 1. The second-order valence-corrected chi connectivity index (χ2v) is 24.4. The number of hydrogen-bond acceptors (Lipinski definition) is 6. The average Bonchev–Trinajstić information content (AvgIpc) is 3.29. The first-order valence-electron chi connectivity index (χ1n) is 14.8. The van der Waals surface area contributed by atoms with Crippen LogP contribution in [-0.2, 0) is 15.6 Å². The van der Waals surface area contributed by atoms with Gasteiger partial charge >= 0.3 is 5.97 Å². The van der Waals surface area contributed by atoms with Crippen LogP contribution in [0.1, 0.15) is 107 Å². The molecule has 0 fully saturated rings. The van der Waals surface area contributed by atoms with E-state index in [0.717, 1.165) is 16.8 Å². The van der Waals surface area contributed by atoms with Crippen molar-refractivity contribution in [1.82, 2.24) is 4.98 Å². The summed E-state index contributed by atoms with van der Waals surface area (Å²) < 4.78 is 26.0. The average molecular weight is 598 g/mol. The number of carbonyl (C=O) groups excluding carboxylic acids is 1. The Balaban J connectivity index is 2.08. The monoisotopic (exact) mass is 597 g/mol. The maximum atomic E-state index is 13.9. The minimum absolute atomic E-state index is 0.0248. The van der Waals surface area contributed by atoms with E-state index < -0.39 is 28.8 Å². The van der Waals surface area contributed by atoms with Gasteiger partial charge in [0, 0.05) is 23.8 Å². The van der Waals surface area contributed by atoms with Crippen molar-refractivity contribution in [2.75, 3.05) is 0 Å². The van der Waals surface area contributed by atoms with Crippen molar-refractivity contribution < 1.29 is 22.8 Å². The van der Waals surface area contributed by atoms with Crippen LogP contribution in [0.15, 0.2) is 22.8 Å². The van der Waals surface area contributed by atoms with Crippen LogP contribution in [0.25, 0.3) is 0 Å².